The normalized spacial score (nSPS) is 18.0. The highest BCUT2D eigenvalue weighted by atomic mass is 79.9. The Balaban J connectivity index is 2.42. The van der Waals surface area contributed by atoms with Gasteiger partial charge < -0.3 is 10.6 Å². The van der Waals surface area contributed by atoms with Crippen molar-refractivity contribution < 1.29 is 9.59 Å². The molecule has 0 radical (unpaired) electrons. The van der Waals surface area contributed by atoms with E-state index >= 15 is 0 Å². The number of amides is 2. The topological polar surface area (TPSA) is 63.4 Å². The first-order valence-corrected chi connectivity index (χ1v) is 7.08. The van der Waals surface area contributed by atoms with Crippen LogP contribution in [0.25, 0.3) is 0 Å². The molecule has 0 aromatic heterocycles. The molecule has 1 atom stereocenters. The van der Waals surface area contributed by atoms with Crippen LogP contribution < -0.4 is 5.73 Å². The van der Waals surface area contributed by atoms with Gasteiger partial charge in [0.05, 0.1) is 12.5 Å². The van der Waals surface area contributed by atoms with Crippen LogP contribution in [0.4, 0.5) is 0 Å². The monoisotopic (exact) mass is 324 g/mol. The molecule has 1 aromatic carbocycles. The van der Waals surface area contributed by atoms with Crippen molar-refractivity contribution in [1.82, 2.24) is 4.90 Å². The Hall–Kier alpha value is -1.36. The van der Waals surface area contributed by atoms with Crippen molar-refractivity contribution in [2.75, 3.05) is 6.54 Å². The quantitative estimate of drug-likeness (QED) is 0.924. The van der Waals surface area contributed by atoms with E-state index in [1.807, 2.05) is 26.0 Å². The molecule has 0 fully saturated rings. The maximum Gasteiger partial charge on any atom is 0.254 e. The zero-order valence-electron chi connectivity index (χ0n) is 11.0. The summed E-state index contributed by atoms with van der Waals surface area (Å²) in [6.45, 7) is 4.73. The molecule has 1 unspecified atom stereocenters. The van der Waals surface area contributed by atoms with Gasteiger partial charge in [0.2, 0.25) is 5.91 Å². The molecular formula is C14H17BrN2O2. The number of nitrogens with two attached hydrogens (primary N) is 1. The lowest BCUT2D eigenvalue weighted by Gasteiger charge is -2.26. The van der Waals surface area contributed by atoms with Gasteiger partial charge in [0.1, 0.15) is 0 Å². The number of hydrogen-bond acceptors (Lipinski definition) is 2. The van der Waals surface area contributed by atoms with E-state index in [4.69, 9.17) is 5.73 Å². The Morgan fingerprint density at radius 2 is 2.16 bits per heavy atom. The van der Waals surface area contributed by atoms with E-state index in [-0.39, 0.29) is 24.3 Å². The van der Waals surface area contributed by atoms with Gasteiger partial charge in [0, 0.05) is 16.6 Å². The molecule has 5 heteroatoms. The van der Waals surface area contributed by atoms with Crippen molar-refractivity contribution in [2.45, 2.75) is 26.3 Å². The number of carbonyl (C=O) groups is 2. The number of halogens is 1. The zero-order valence-corrected chi connectivity index (χ0v) is 12.6. The fourth-order valence-corrected chi connectivity index (χ4v) is 2.86. The van der Waals surface area contributed by atoms with Gasteiger partial charge in [0.25, 0.3) is 5.91 Å². The van der Waals surface area contributed by atoms with Gasteiger partial charge in [-0.1, -0.05) is 29.8 Å². The summed E-state index contributed by atoms with van der Waals surface area (Å²) in [5.41, 5.74) is 6.88. The molecule has 0 spiro atoms. The molecule has 1 aliphatic heterocycles. The fraction of sp³-hybridized carbons (Fsp3) is 0.429. The predicted molar refractivity (Wildman–Crippen MR) is 76.6 cm³/mol. The van der Waals surface area contributed by atoms with E-state index in [1.54, 1.807) is 11.0 Å². The van der Waals surface area contributed by atoms with Gasteiger partial charge in [-0.25, -0.2) is 0 Å². The standard InChI is InChI=1S/C14H17BrN2O2/c1-8(2)7-17-12(6-13(16)18)11-5-9(15)3-4-10(11)14(17)19/h3-5,8,12H,6-7H2,1-2H3,(H2,16,18). The third-order valence-electron chi connectivity index (χ3n) is 3.20. The molecule has 0 aliphatic carbocycles. The Kier molecular flexibility index (Phi) is 3.94. The fourth-order valence-electron chi connectivity index (χ4n) is 2.48. The van der Waals surface area contributed by atoms with Gasteiger partial charge in [-0.3, -0.25) is 9.59 Å². The van der Waals surface area contributed by atoms with Crippen LogP contribution in [0.15, 0.2) is 22.7 Å². The maximum absolute atomic E-state index is 12.4. The highest BCUT2D eigenvalue weighted by Crippen LogP contribution is 2.37. The molecule has 2 amide bonds. The molecule has 2 rings (SSSR count). The minimum absolute atomic E-state index is 0.0116. The van der Waals surface area contributed by atoms with E-state index in [0.29, 0.717) is 18.0 Å². The van der Waals surface area contributed by atoms with Crippen molar-refractivity contribution in [2.24, 2.45) is 11.7 Å². The van der Waals surface area contributed by atoms with Gasteiger partial charge in [0.15, 0.2) is 0 Å². The minimum atomic E-state index is -0.389. The SMILES string of the molecule is CC(C)CN1C(=O)c2ccc(Br)cc2C1CC(N)=O. The molecule has 0 bridgehead atoms. The van der Waals surface area contributed by atoms with E-state index in [2.05, 4.69) is 15.9 Å². The summed E-state index contributed by atoms with van der Waals surface area (Å²) >= 11 is 3.40. The second kappa shape index (κ2) is 5.33. The summed E-state index contributed by atoms with van der Waals surface area (Å²) in [6, 6.07) is 5.31. The van der Waals surface area contributed by atoms with E-state index < -0.39 is 0 Å². The van der Waals surface area contributed by atoms with Crippen LogP contribution in [0.1, 0.15) is 42.2 Å². The first kappa shape index (κ1) is 14.1. The van der Waals surface area contributed by atoms with E-state index in [9.17, 15) is 9.59 Å². The number of fused-ring (bicyclic) bond motifs is 1. The number of carbonyl (C=O) groups excluding carboxylic acids is 2. The zero-order chi connectivity index (χ0) is 14.2. The first-order valence-electron chi connectivity index (χ1n) is 6.29. The van der Waals surface area contributed by atoms with Crippen LogP contribution in [0.5, 0.6) is 0 Å². The van der Waals surface area contributed by atoms with Gasteiger partial charge in [-0.2, -0.15) is 0 Å². The number of rotatable bonds is 4. The van der Waals surface area contributed by atoms with Gasteiger partial charge in [-0.15, -0.1) is 0 Å². The summed E-state index contributed by atoms with van der Waals surface area (Å²) < 4.78 is 0.903. The van der Waals surface area contributed by atoms with Crippen LogP contribution in [0.2, 0.25) is 0 Å². The molecule has 1 aromatic rings. The molecule has 4 nitrogen and oxygen atoms in total. The third kappa shape index (κ3) is 2.81. The number of hydrogen-bond donors (Lipinski definition) is 1. The molecular weight excluding hydrogens is 308 g/mol. The molecule has 1 aliphatic rings. The Morgan fingerprint density at radius 3 is 2.74 bits per heavy atom. The average molecular weight is 325 g/mol. The summed E-state index contributed by atoms with van der Waals surface area (Å²) in [5.74, 6) is -0.0566. The molecule has 2 N–H and O–H groups in total. The molecule has 102 valence electrons. The Morgan fingerprint density at radius 1 is 1.47 bits per heavy atom. The molecule has 1 heterocycles. The van der Waals surface area contributed by atoms with Crippen molar-refractivity contribution in [3.05, 3.63) is 33.8 Å². The number of benzene rings is 1. The van der Waals surface area contributed by atoms with Crippen molar-refractivity contribution >= 4 is 27.7 Å². The molecule has 0 saturated carbocycles. The maximum atomic E-state index is 12.4. The number of nitrogens with zero attached hydrogens (tertiary/aromatic N) is 1. The van der Waals surface area contributed by atoms with E-state index in [0.717, 1.165) is 10.0 Å². The predicted octanol–water partition coefficient (Wildman–Crippen LogP) is 2.48. The largest absolute Gasteiger partial charge is 0.370 e. The molecule has 19 heavy (non-hydrogen) atoms. The second-order valence-corrected chi connectivity index (χ2v) is 6.18. The Labute approximate surface area is 121 Å². The lowest BCUT2D eigenvalue weighted by atomic mass is 10.0. The Bertz CT molecular complexity index is 528. The summed E-state index contributed by atoms with van der Waals surface area (Å²) in [4.78, 5) is 25.4. The van der Waals surface area contributed by atoms with E-state index in [1.165, 1.54) is 0 Å². The first-order chi connectivity index (χ1) is 8.90. The van der Waals surface area contributed by atoms with Crippen LogP contribution in [-0.2, 0) is 4.79 Å². The van der Waals surface area contributed by atoms with Crippen LogP contribution >= 0.6 is 15.9 Å². The highest BCUT2D eigenvalue weighted by molar-refractivity contribution is 9.10. The summed E-state index contributed by atoms with van der Waals surface area (Å²) in [6.07, 6.45) is 0.169. The molecule has 0 saturated heterocycles. The average Bonchev–Trinajstić information content (AvgIpc) is 2.53. The lowest BCUT2D eigenvalue weighted by molar-refractivity contribution is -0.119. The minimum Gasteiger partial charge on any atom is -0.370 e. The van der Waals surface area contributed by atoms with Gasteiger partial charge in [-0.05, 0) is 29.7 Å². The number of primary amides is 1. The van der Waals surface area contributed by atoms with Crippen molar-refractivity contribution in [1.29, 1.82) is 0 Å². The van der Waals surface area contributed by atoms with Crippen LogP contribution in [-0.4, -0.2) is 23.3 Å². The lowest BCUT2D eigenvalue weighted by Crippen LogP contribution is -2.33. The summed E-state index contributed by atoms with van der Waals surface area (Å²) in [7, 11) is 0. The van der Waals surface area contributed by atoms with Gasteiger partial charge >= 0.3 is 0 Å². The van der Waals surface area contributed by atoms with Crippen molar-refractivity contribution in [3.63, 3.8) is 0 Å². The smallest absolute Gasteiger partial charge is 0.254 e. The van der Waals surface area contributed by atoms with Crippen molar-refractivity contribution in [3.8, 4) is 0 Å². The third-order valence-corrected chi connectivity index (χ3v) is 3.69. The highest BCUT2D eigenvalue weighted by Gasteiger charge is 2.37. The van der Waals surface area contributed by atoms with Crippen LogP contribution in [0.3, 0.4) is 0 Å². The van der Waals surface area contributed by atoms with Crippen LogP contribution in [0, 0.1) is 5.92 Å². The summed E-state index contributed by atoms with van der Waals surface area (Å²) in [5, 5.41) is 0. The second-order valence-electron chi connectivity index (χ2n) is 5.27.